The van der Waals surface area contributed by atoms with Crippen LogP contribution in [0.25, 0.3) is 0 Å². The highest BCUT2D eigenvalue weighted by molar-refractivity contribution is 7.15. The van der Waals surface area contributed by atoms with Gasteiger partial charge in [-0.3, -0.25) is 4.79 Å². The summed E-state index contributed by atoms with van der Waals surface area (Å²) in [7, 11) is 0. The summed E-state index contributed by atoms with van der Waals surface area (Å²) in [5.41, 5.74) is 0.846. The van der Waals surface area contributed by atoms with Crippen LogP contribution in [0.2, 0.25) is 0 Å². The summed E-state index contributed by atoms with van der Waals surface area (Å²) < 4.78 is 0. The number of carboxylic acid groups (broad SMARTS) is 1. The van der Waals surface area contributed by atoms with E-state index in [1.54, 1.807) is 6.92 Å². The van der Waals surface area contributed by atoms with Gasteiger partial charge in [0.15, 0.2) is 0 Å². The standard InChI is InChI=1S/C10H11NO3S/c1-6(2)5-11-9(12)7-3-4-8(15-7)10(13)14/h3-4H,1,5H2,2H3,(H,11,12)(H,13,14). The molecule has 2 N–H and O–H groups in total. The van der Waals surface area contributed by atoms with Gasteiger partial charge in [0.1, 0.15) is 4.88 Å². The molecule has 0 aliphatic carbocycles. The number of aromatic carboxylic acids is 1. The lowest BCUT2D eigenvalue weighted by atomic mass is 10.3. The monoisotopic (exact) mass is 225 g/mol. The number of thiophene rings is 1. The van der Waals surface area contributed by atoms with Crippen LogP contribution in [0.5, 0.6) is 0 Å². The molecular weight excluding hydrogens is 214 g/mol. The van der Waals surface area contributed by atoms with E-state index in [9.17, 15) is 9.59 Å². The van der Waals surface area contributed by atoms with Crippen LogP contribution in [0.15, 0.2) is 24.3 Å². The molecule has 80 valence electrons. The van der Waals surface area contributed by atoms with Crippen molar-refractivity contribution in [1.29, 1.82) is 0 Å². The van der Waals surface area contributed by atoms with E-state index in [0.29, 0.717) is 11.4 Å². The van der Waals surface area contributed by atoms with Gasteiger partial charge in [0.05, 0.1) is 4.88 Å². The summed E-state index contributed by atoms with van der Waals surface area (Å²) in [6.07, 6.45) is 0. The number of rotatable bonds is 4. The third-order valence-corrected chi connectivity index (χ3v) is 2.66. The van der Waals surface area contributed by atoms with Gasteiger partial charge in [-0.05, 0) is 19.1 Å². The summed E-state index contributed by atoms with van der Waals surface area (Å²) >= 11 is 0.960. The topological polar surface area (TPSA) is 66.4 Å². The summed E-state index contributed by atoms with van der Waals surface area (Å²) in [4.78, 5) is 22.6. The minimum Gasteiger partial charge on any atom is -0.477 e. The molecule has 0 atom stereocenters. The van der Waals surface area contributed by atoms with E-state index in [1.807, 2.05) is 0 Å². The molecule has 1 aromatic heterocycles. The Morgan fingerprint density at radius 1 is 1.47 bits per heavy atom. The van der Waals surface area contributed by atoms with Gasteiger partial charge < -0.3 is 10.4 Å². The van der Waals surface area contributed by atoms with Crippen LogP contribution < -0.4 is 5.32 Å². The molecule has 0 aliphatic rings. The largest absolute Gasteiger partial charge is 0.477 e. The van der Waals surface area contributed by atoms with Crippen molar-refractivity contribution >= 4 is 23.2 Å². The van der Waals surface area contributed by atoms with Gasteiger partial charge in [-0.25, -0.2) is 4.79 Å². The molecule has 0 aliphatic heterocycles. The second-order valence-corrected chi connectivity index (χ2v) is 4.19. The Morgan fingerprint density at radius 3 is 2.53 bits per heavy atom. The normalized spacial score (nSPS) is 9.67. The number of hydrogen-bond acceptors (Lipinski definition) is 3. The van der Waals surface area contributed by atoms with Crippen molar-refractivity contribution in [3.63, 3.8) is 0 Å². The van der Waals surface area contributed by atoms with Crippen molar-refractivity contribution < 1.29 is 14.7 Å². The number of carbonyl (C=O) groups excluding carboxylic acids is 1. The number of carbonyl (C=O) groups is 2. The fraction of sp³-hybridized carbons (Fsp3) is 0.200. The highest BCUT2D eigenvalue weighted by Crippen LogP contribution is 2.16. The first-order valence-electron chi connectivity index (χ1n) is 4.26. The summed E-state index contributed by atoms with van der Waals surface area (Å²) in [6.45, 7) is 5.85. The second kappa shape index (κ2) is 4.75. The van der Waals surface area contributed by atoms with Gasteiger partial charge in [-0.15, -0.1) is 11.3 Å². The molecule has 0 saturated heterocycles. The Morgan fingerprint density at radius 2 is 2.07 bits per heavy atom. The molecule has 1 aromatic rings. The predicted octanol–water partition coefficient (Wildman–Crippen LogP) is 1.75. The van der Waals surface area contributed by atoms with Crippen LogP contribution in [-0.2, 0) is 0 Å². The zero-order chi connectivity index (χ0) is 11.4. The Bertz CT molecular complexity index is 409. The maximum absolute atomic E-state index is 11.5. The molecule has 1 heterocycles. The third-order valence-electron chi connectivity index (χ3n) is 1.59. The van der Waals surface area contributed by atoms with Crippen LogP contribution in [0, 0.1) is 0 Å². The molecule has 0 unspecified atom stereocenters. The number of amides is 1. The summed E-state index contributed by atoms with van der Waals surface area (Å²) in [6, 6.07) is 2.92. The fourth-order valence-electron chi connectivity index (χ4n) is 0.893. The first-order chi connectivity index (χ1) is 7.00. The van der Waals surface area contributed by atoms with E-state index >= 15 is 0 Å². The van der Waals surface area contributed by atoms with Gasteiger partial charge in [-0.2, -0.15) is 0 Å². The quantitative estimate of drug-likeness (QED) is 0.767. The van der Waals surface area contributed by atoms with Gasteiger partial charge >= 0.3 is 5.97 Å². The number of nitrogens with one attached hydrogen (secondary N) is 1. The SMILES string of the molecule is C=C(C)CNC(=O)c1ccc(C(=O)O)s1. The van der Waals surface area contributed by atoms with Crippen LogP contribution in [-0.4, -0.2) is 23.5 Å². The average molecular weight is 225 g/mol. The van der Waals surface area contributed by atoms with Gasteiger partial charge in [0.2, 0.25) is 0 Å². The summed E-state index contributed by atoms with van der Waals surface area (Å²) in [5, 5.41) is 11.3. The van der Waals surface area contributed by atoms with E-state index in [2.05, 4.69) is 11.9 Å². The molecule has 0 bridgehead atoms. The Kier molecular flexibility index (Phi) is 3.62. The lowest BCUT2D eigenvalue weighted by Crippen LogP contribution is -2.23. The van der Waals surface area contributed by atoms with Crippen molar-refractivity contribution in [3.8, 4) is 0 Å². The maximum atomic E-state index is 11.5. The molecule has 0 radical (unpaired) electrons. The minimum absolute atomic E-state index is 0.162. The van der Waals surface area contributed by atoms with E-state index in [1.165, 1.54) is 12.1 Å². The maximum Gasteiger partial charge on any atom is 0.345 e. The van der Waals surface area contributed by atoms with Gasteiger partial charge in [0.25, 0.3) is 5.91 Å². The minimum atomic E-state index is -1.01. The Hall–Kier alpha value is -1.62. The highest BCUT2D eigenvalue weighted by atomic mass is 32.1. The highest BCUT2D eigenvalue weighted by Gasteiger charge is 2.11. The van der Waals surface area contributed by atoms with Gasteiger partial charge in [-0.1, -0.05) is 12.2 Å². The van der Waals surface area contributed by atoms with E-state index in [0.717, 1.165) is 16.9 Å². The second-order valence-electron chi connectivity index (χ2n) is 3.11. The van der Waals surface area contributed by atoms with Crippen LogP contribution in [0.3, 0.4) is 0 Å². The molecule has 0 fully saturated rings. The van der Waals surface area contributed by atoms with Crippen LogP contribution in [0.4, 0.5) is 0 Å². The molecule has 0 spiro atoms. The third kappa shape index (κ3) is 3.21. The van der Waals surface area contributed by atoms with Crippen molar-refractivity contribution in [3.05, 3.63) is 34.0 Å². The van der Waals surface area contributed by atoms with Crippen LogP contribution >= 0.6 is 11.3 Å². The number of carboxylic acids is 1. The van der Waals surface area contributed by atoms with Crippen molar-refractivity contribution in [1.82, 2.24) is 5.32 Å². The van der Waals surface area contributed by atoms with E-state index < -0.39 is 5.97 Å². The Labute approximate surface area is 91.2 Å². The molecule has 0 aromatic carbocycles. The molecule has 0 saturated carbocycles. The lowest BCUT2D eigenvalue weighted by molar-refractivity contribution is 0.0702. The van der Waals surface area contributed by atoms with E-state index in [4.69, 9.17) is 5.11 Å². The molecule has 5 heteroatoms. The lowest BCUT2D eigenvalue weighted by Gasteiger charge is -2.01. The molecular formula is C10H11NO3S. The average Bonchev–Trinajstić information content (AvgIpc) is 2.62. The zero-order valence-electron chi connectivity index (χ0n) is 8.24. The molecule has 15 heavy (non-hydrogen) atoms. The van der Waals surface area contributed by atoms with E-state index in [-0.39, 0.29) is 10.8 Å². The fourth-order valence-corrected chi connectivity index (χ4v) is 1.65. The van der Waals surface area contributed by atoms with Crippen LogP contribution in [0.1, 0.15) is 26.3 Å². The smallest absolute Gasteiger partial charge is 0.345 e. The van der Waals surface area contributed by atoms with Crippen molar-refractivity contribution in [2.45, 2.75) is 6.92 Å². The molecule has 4 nitrogen and oxygen atoms in total. The summed E-state index contributed by atoms with van der Waals surface area (Å²) in [5.74, 6) is -1.28. The van der Waals surface area contributed by atoms with Gasteiger partial charge in [0, 0.05) is 6.54 Å². The van der Waals surface area contributed by atoms with Crippen molar-refractivity contribution in [2.75, 3.05) is 6.54 Å². The zero-order valence-corrected chi connectivity index (χ0v) is 9.06. The molecule has 1 amide bonds. The number of hydrogen-bond donors (Lipinski definition) is 2. The molecule has 1 rings (SSSR count). The predicted molar refractivity (Wildman–Crippen MR) is 58.4 cm³/mol. The first kappa shape index (κ1) is 11.5. The van der Waals surface area contributed by atoms with Crippen molar-refractivity contribution in [2.24, 2.45) is 0 Å². The Balaban J connectivity index is 2.66. The first-order valence-corrected chi connectivity index (χ1v) is 5.08.